The zero-order valence-electron chi connectivity index (χ0n) is 8.14. The fourth-order valence-electron chi connectivity index (χ4n) is 1.71. The lowest BCUT2D eigenvalue weighted by molar-refractivity contribution is 0.713. The Kier molecular flexibility index (Phi) is 5.88. The van der Waals surface area contributed by atoms with Gasteiger partial charge < -0.3 is 5.32 Å². The van der Waals surface area contributed by atoms with Gasteiger partial charge in [0.25, 0.3) is 0 Å². The predicted molar refractivity (Wildman–Crippen MR) is 57.9 cm³/mol. The molecule has 0 aliphatic heterocycles. The molecular formula is C10H21NS. The van der Waals surface area contributed by atoms with Gasteiger partial charge >= 0.3 is 0 Å². The van der Waals surface area contributed by atoms with E-state index in [-0.39, 0.29) is 0 Å². The van der Waals surface area contributed by atoms with Crippen molar-refractivity contribution in [3.05, 3.63) is 0 Å². The van der Waals surface area contributed by atoms with Gasteiger partial charge in [0, 0.05) is 5.25 Å². The molecule has 1 aliphatic rings. The van der Waals surface area contributed by atoms with Gasteiger partial charge in [-0.25, -0.2) is 0 Å². The van der Waals surface area contributed by atoms with Gasteiger partial charge in [0.05, 0.1) is 0 Å². The molecule has 0 aromatic heterocycles. The molecule has 1 saturated carbocycles. The molecular weight excluding hydrogens is 166 g/mol. The number of thioether (sulfide) groups is 1. The maximum atomic E-state index is 3.19. The van der Waals surface area contributed by atoms with E-state index >= 15 is 0 Å². The van der Waals surface area contributed by atoms with E-state index in [4.69, 9.17) is 0 Å². The fraction of sp³-hybridized carbons (Fsp3) is 1.00. The first-order valence-corrected chi connectivity index (χ1v) is 6.24. The highest BCUT2D eigenvalue weighted by Gasteiger charge is 2.14. The minimum absolute atomic E-state index is 1.01. The molecule has 0 bridgehead atoms. The predicted octanol–water partition coefficient (Wildman–Crippen LogP) is 2.66. The normalized spacial score (nSPS) is 18.8. The quantitative estimate of drug-likeness (QED) is 0.642. The molecule has 1 nitrogen and oxygen atoms in total. The molecule has 1 fully saturated rings. The Bertz CT molecular complexity index is 100. The Morgan fingerprint density at radius 1 is 1.25 bits per heavy atom. The second kappa shape index (κ2) is 6.79. The topological polar surface area (TPSA) is 12.0 Å². The summed E-state index contributed by atoms with van der Waals surface area (Å²) in [6.07, 6.45) is 8.66. The van der Waals surface area contributed by atoms with Crippen molar-refractivity contribution in [2.75, 3.05) is 19.3 Å². The maximum absolute atomic E-state index is 3.19. The highest BCUT2D eigenvalue weighted by atomic mass is 32.2. The minimum atomic E-state index is 1.01. The van der Waals surface area contributed by atoms with Gasteiger partial charge in [-0.15, -0.1) is 0 Å². The molecule has 0 aromatic rings. The molecule has 0 radical (unpaired) electrons. The third-order valence-corrected chi connectivity index (χ3v) is 3.94. The van der Waals surface area contributed by atoms with Crippen LogP contribution in [0.1, 0.15) is 38.5 Å². The monoisotopic (exact) mass is 187 g/mol. The molecule has 2 heteroatoms. The molecule has 0 spiro atoms. The molecule has 0 amide bonds. The molecule has 1 rings (SSSR count). The summed E-state index contributed by atoms with van der Waals surface area (Å²) in [5, 5.41) is 4.20. The summed E-state index contributed by atoms with van der Waals surface area (Å²) >= 11 is 2.21. The van der Waals surface area contributed by atoms with E-state index in [1.807, 2.05) is 7.05 Å². The van der Waals surface area contributed by atoms with Crippen LogP contribution in [-0.2, 0) is 0 Å². The summed E-state index contributed by atoms with van der Waals surface area (Å²) in [5.74, 6) is 1.38. The van der Waals surface area contributed by atoms with Gasteiger partial charge in [0.2, 0.25) is 0 Å². The zero-order chi connectivity index (χ0) is 8.65. The molecule has 0 heterocycles. The number of rotatable bonds is 6. The van der Waals surface area contributed by atoms with Crippen LogP contribution in [0.3, 0.4) is 0 Å². The van der Waals surface area contributed by atoms with Gasteiger partial charge in [-0.05, 0) is 45.0 Å². The van der Waals surface area contributed by atoms with Crippen molar-refractivity contribution in [2.24, 2.45) is 0 Å². The second-order valence-corrected chi connectivity index (χ2v) is 5.00. The molecule has 0 unspecified atom stereocenters. The standard InChI is InChI=1S/C10H21NS/c1-11-8-4-5-9-12-10-6-2-3-7-10/h10-11H,2-9H2,1H3. The molecule has 0 atom stereocenters. The first-order chi connectivity index (χ1) is 5.93. The lowest BCUT2D eigenvalue weighted by Crippen LogP contribution is -2.07. The van der Waals surface area contributed by atoms with Crippen molar-refractivity contribution in [3.63, 3.8) is 0 Å². The van der Waals surface area contributed by atoms with Crippen LogP contribution in [0.25, 0.3) is 0 Å². The van der Waals surface area contributed by atoms with E-state index in [9.17, 15) is 0 Å². The van der Waals surface area contributed by atoms with E-state index in [0.717, 1.165) is 5.25 Å². The highest BCUT2D eigenvalue weighted by Crippen LogP contribution is 2.29. The van der Waals surface area contributed by atoms with Crippen LogP contribution in [0.4, 0.5) is 0 Å². The van der Waals surface area contributed by atoms with Crippen LogP contribution in [0.2, 0.25) is 0 Å². The Labute approximate surface area is 80.7 Å². The maximum Gasteiger partial charge on any atom is 0.00470 e. The van der Waals surface area contributed by atoms with Crippen molar-refractivity contribution >= 4 is 11.8 Å². The largest absolute Gasteiger partial charge is 0.320 e. The van der Waals surface area contributed by atoms with E-state index in [2.05, 4.69) is 17.1 Å². The molecule has 72 valence electrons. The van der Waals surface area contributed by atoms with Crippen molar-refractivity contribution in [1.82, 2.24) is 5.32 Å². The van der Waals surface area contributed by atoms with Crippen LogP contribution in [0.15, 0.2) is 0 Å². The third-order valence-electron chi connectivity index (χ3n) is 2.48. The lowest BCUT2D eigenvalue weighted by atomic mass is 10.3. The summed E-state index contributed by atoms with van der Waals surface area (Å²) in [7, 11) is 2.03. The lowest BCUT2D eigenvalue weighted by Gasteiger charge is -2.07. The number of hydrogen-bond acceptors (Lipinski definition) is 2. The molecule has 1 aliphatic carbocycles. The third kappa shape index (κ3) is 4.36. The van der Waals surface area contributed by atoms with E-state index in [1.54, 1.807) is 0 Å². The molecule has 0 aromatic carbocycles. The van der Waals surface area contributed by atoms with Gasteiger partial charge in [0.1, 0.15) is 0 Å². The van der Waals surface area contributed by atoms with Crippen LogP contribution < -0.4 is 5.32 Å². The molecule has 12 heavy (non-hydrogen) atoms. The number of nitrogens with one attached hydrogen (secondary N) is 1. The van der Waals surface area contributed by atoms with Crippen molar-refractivity contribution < 1.29 is 0 Å². The van der Waals surface area contributed by atoms with Crippen LogP contribution >= 0.6 is 11.8 Å². The first kappa shape index (κ1) is 10.4. The van der Waals surface area contributed by atoms with Crippen LogP contribution in [0.5, 0.6) is 0 Å². The van der Waals surface area contributed by atoms with Gasteiger partial charge in [-0.2, -0.15) is 11.8 Å². The Hall–Kier alpha value is 0.310. The summed E-state index contributed by atoms with van der Waals surface area (Å²) in [6, 6.07) is 0. The fourth-order valence-corrected chi connectivity index (χ4v) is 3.08. The van der Waals surface area contributed by atoms with E-state index in [0.29, 0.717) is 0 Å². The van der Waals surface area contributed by atoms with Crippen LogP contribution in [0, 0.1) is 0 Å². The Morgan fingerprint density at radius 2 is 2.00 bits per heavy atom. The van der Waals surface area contributed by atoms with Gasteiger partial charge in [-0.1, -0.05) is 12.8 Å². The summed E-state index contributed by atoms with van der Waals surface area (Å²) in [5.41, 5.74) is 0. The van der Waals surface area contributed by atoms with E-state index in [1.165, 1.54) is 50.8 Å². The van der Waals surface area contributed by atoms with E-state index < -0.39 is 0 Å². The Morgan fingerprint density at radius 3 is 2.67 bits per heavy atom. The molecule has 1 N–H and O–H groups in total. The highest BCUT2D eigenvalue weighted by molar-refractivity contribution is 7.99. The first-order valence-electron chi connectivity index (χ1n) is 5.19. The summed E-state index contributed by atoms with van der Waals surface area (Å²) in [4.78, 5) is 0. The van der Waals surface area contributed by atoms with Crippen molar-refractivity contribution in [1.29, 1.82) is 0 Å². The Balaban J connectivity index is 1.81. The average Bonchev–Trinajstić information content (AvgIpc) is 2.57. The number of unbranched alkanes of at least 4 members (excludes halogenated alkanes) is 1. The SMILES string of the molecule is CNCCCCSC1CCCC1. The molecule has 0 saturated heterocycles. The van der Waals surface area contributed by atoms with Crippen LogP contribution in [-0.4, -0.2) is 24.6 Å². The van der Waals surface area contributed by atoms with Crippen molar-refractivity contribution in [2.45, 2.75) is 43.8 Å². The second-order valence-electron chi connectivity index (χ2n) is 3.59. The smallest absolute Gasteiger partial charge is 0.00470 e. The average molecular weight is 187 g/mol. The minimum Gasteiger partial charge on any atom is -0.320 e. The zero-order valence-corrected chi connectivity index (χ0v) is 8.96. The van der Waals surface area contributed by atoms with Crippen molar-refractivity contribution in [3.8, 4) is 0 Å². The summed E-state index contributed by atoms with van der Waals surface area (Å²) in [6.45, 7) is 1.19. The number of hydrogen-bond donors (Lipinski definition) is 1. The summed E-state index contributed by atoms with van der Waals surface area (Å²) < 4.78 is 0. The van der Waals surface area contributed by atoms with Gasteiger partial charge in [-0.3, -0.25) is 0 Å². The van der Waals surface area contributed by atoms with Gasteiger partial charge in [0.15, 0.2) is 0 Å².